The first-order chi connectivity index (χ1) is 9.40. The van der Waals surface area contributed by atoms with E-state index in [1.807, 2.05) is 31.1 Å². The molecular formula is C12H19BrN4O2S. The van der Waals surface area contributed by atoms with Gasteiger partial charge < -0.3 is 10.2 Å². The van der Waals surface area contributed by atoms with Crippen LogP contribution in [0.2, 0.25) is 0 Å². The number of anilines is 2. The number of hydrogen-bond donors (Lipinski definition) is 2. The van der Waals surface area contributed by atoms with Gasteiger partial charge in [-0.1, -0.05) is 15.9 Å². The second-order valence-corrected chi connectivity index (χ2v) is 7.40. The summed E-state index contributed by atoms with van der Waals surface area (Å²) in [4.78, 5) is 1.88. The molecule has 0 aliphatic carbocycles. The Morgan fingerprint density at radius 3 is 2.55 bits per heavy atom. The van der Waals surface area contributed by atoms with Gasteiger partial charge in [0.25, 0.3) is 0 Å². The number of nitrogens with zero attached hydrogens (tertiary/aromatic N) is 2. The van der Waals surface area contributed by atoms with Crippen LogP contribution in [0.25, 0.3) is 0 Å². The molecule has 0 saturated carbocycles. The van der Waals surface area contributed by atoms with Crippen LogP contribution in [0.5, 0.6) is 0 Å². The van der Waals surface area contributed by atoms with Crippen LogP contribution in [0, 0.1) is 0 Å². The Hall–Kier alpha value is -0.830. The molecule has 0 radical (unpaired) electrons. The predicted molar refractivity (Wildman–Crippen MR) is 85.5 cm³/mol. The fourth-order valence-electron chi connectivity index (χ4n) is 2.07. The van der Waals surface area contributed by atoms with Crippen molar-refractivity contribution in [1.82, 2.24) is 9.62 Å². The highest BCUT2D eigenvalue weighted by Gasteiger charge is 2.24. The van der Waals surface area contributed by atoms with Crippen LogP contribution >= 0.6 is 15.9 Å². The molecule has 8 heteroatoms. The maximum absolute atomic E-state index is 12.4. The van der Waals surface area contributed by atoms with Crippen molar-refractivity contribution < 1.29 is 8.42 Å². The van der Waals surface area contributed by atoms with E-state index in [2.05, 4.69) is 26.0 Å². The highest BCUT2D eigenvalue weighted by atomic mass is 79.9. The Morgan fingerprint density at radius 2 is 1.95 bits per heavy atom. The lowest BCUT2D eigenvalue weighted by atomic mass is 10.2. The topological polar surface area (TPSA) is 64.7 Å². The zero-order valence-electron chi connectivity index (χ0n) is 11.6. The summed E-state index contributed by atoms with van der Waals surface area (Å²) in [6.45, 7) is 2.33. The van der Waals surface area contributed by atoms with Crippen LogP contribution in [-0.4, -0.2) is 53.0 Å². The molecule has 0 spiro atoms. The lowest BCUT2D eigenvalue weighted by molar-refractivity contribution is 0.362. The van der Waals surface area contributed by atoms with E-state index < -0.39 is 10.2 Å². The SMILES string of the molecule is CN(C)c1ccc(Br)cc1NS(=O)(=O)N1CCNCC1. The van der Waals surface area contributed by atoms with Crippen molar-refractivity contribution in [2.24, 2.45) is 0 Å². The Labute approximate surface area is 128 Å². The molecular weight excluding hydrogens is 344 g/mol. The minimum atomic E-state index is -3.51. The molecule has 1 heterocycles. The van der Waals surface area contributed by atoms with Gasteiger partial charge in [-0.3, -0.25) is 4.72 Å². The molecule has 1 aliphatic heterocycles. The van der Waals surface area contributed by atoms with E-state index in [0.717, 1.165) is 10.2 Å². The molecule has 112 valence electrons. The van der Waals surface area contributed by atoms with Gasteiger partial charge >= 0.3 is 10.2 Å². The Balaban J connectivity index is 2.26. The van der Waals surface area contributed by atoms with E-state index in [1.54, 1.807) is 6.07 Å². The fraction of sp³-hybridized carbons (Fsp3) is 0.500. The molecule has 20 heavy (non-hydrogen) atoms. The molecule has 6 nitrogen and oxygen atoms in total. The predicted octanol–water partition coefficient (Wildman–Crippen LogP) is 1.08. The Bertz CT molecular complexity index is 571. The van der Waals surface area contributed by atoms with Crippen molar-refractivity contribution in [3.63, 3.8) is 0 Å². The first-order valence-corrected chi connectivity index (χ1v) is 8.59. The van der Waals surface area contributed by atoms with Gasteiger partial charge in [-0.25, -0.2) is 0 Å². The van der Waals surface area contributed by atoms with Gasteiger partial charge in [0.15, 0.2) is 0 Å². The molecule has 0 atom stereocenters. The Kier molecular flexibility index (Phi) is 4.90. The number of hydrogen-bond acceptors (Lipinski definition) is 4. The van der Waals surface area contributed by atoms with Gasteiger partial charge in [-0.15, -0.1) is 0 Å². The molecule has 1 fully saturated rings. The van der Waals surface area contributed by atoms with Crippen molar-refractivity contribution in [3.8, 4) is 0 Å². The van der Waals surface area contributed by atoms with Gasteiger partial charge in [0, 0.05) is 44.7 Å². The number of piperazine rings is 1. The number of rotatable bonds is 4. The van der Waals surface area contributed by atoms with E-state index in [4.69, 9.17) is 0 Å². The zero-order chi connectivity index (χ0) is 14.8. The van der Waals surface area contributed by atoms with Crippen molar-refractivity contribution in [1.29, 1.82) is 0 Å². The van der Waals surface area contributed by atoms with Crippen LogP contribution in [0.3, 0.4) is 0 Å². The van der Waals surface area contributed by atoms with Crippen molar-refractivity contribution in [3.05, 3.63) is 22.7 Å². The normalized spacial score (nSPS) is 16.9. The van der Waals surface area contributed by atoms with Gasteiger partial charge in [0.05, 0.1) is 11.4 Å². The molecule has 0 unspecified atom stereocenters. The fourth-order valence-corrected chi connectivity index (χ4v) is 3.66. The van der Waals surface area contributed by atoms with Crippen LogP contribution < -0.4 is 14.9 Å². The summed E-state index contributed by atoms with van der Waals surface area (Å²) in [6, 6.07) is 5.53. The second kappa shape index (κ2) is 6.30. The molecule has 2 N–H and O–H groups in total. The van der Waals surface area contributed by atoms with E-state index in [0.29, 0.717) is 31.9 Å². The van der Waals surface area contributed by atoms with Crippen LogP contribution in [-0.2, 0) is 10.2 Å². The molecule has 0 aromatic heterocycles. The van der Waals surface area contributed by atoms with E-state index in [9.17, 15) is 8.42 Å². The maximum Gasteiger partial charge on any atom is 0.301 e. The average molecular weight is 363 g/mol. The van der Waals surface area contributed by atoms with E-state index in [1.165, 1.54) is 4.31 Å². The van der Waals surface area contributed by atoms with Crippen molar-refractivity contribution in [2.45, 2.75) is 0 Å². The number of nitrogens with one attached hydrogen (secondary N) is 2. The van der Waals surface area contributed by atoms with E-state index in [-0.39, 0.29) is 0 Å². The summed E-state index contributed by atoms with van der Waals surface area (Å²) in [5.41, 5.74) is 1.40. The summed E-state index contributed by atoms with van der Waals surface area (Å²) < 4.78 is 29.8. The van der Waals surface area contributed by atoms with Crippen molar-refractivity contribution >= 4 is 37.5 Å². The second-order valence-electron chi connectivity index (χ2n) is 4.81. The standard InChI is InChI=1S/C12H19BrN4O2S/c1-16(2)12-4-3-10(13)9-11(12)15-20(18,19)17-7-5-14-6-8-17/h3-4,9,14-15H,5-8H2,1-2H3. The molecule has 0 amide bonds. The smallest absolute Gasteiger partial charge is 0.301 e. The molecule has 1 aliphatic rings. The van der Waals surface area contributed by atoms with Crippen LogP contribution in [0.1, 0.15) is 0 Å². The summed E-state index contributed by atoms with van der Waals surface area (Å²) in [7, 11) is 0.248. The molecule has 2 rings (SSSR count). The lowest BCUT2D eigenvalue weighted by Gasteiger charge is -2.28. The Morgan fingerprint density at radius 1 is 1.30 bits per heavy atom. The van der Waals surface area contributed by atoms with E-state index >= 15 is 0 Å². The summed E-state index contributed by atoms with van der Waals surface area (Å²) >= 11 is 3.37. The monoisotopic (exact) mass is 362 g/mol. The third-order valence-corrected chi connectivity index (χ3v) is 5.11. The van der Waals surface area contributed by atoms with Gasteiger partial charge in [0.1, 0.15) is 0 Å². The average Bonchev–Trinajstić information content (AvgIpc) is 2.39. The van der Waals surface area contributed by atoms with Gasteiger partial charge in [0.2, 0.25) is 0 Å². The van der Waals surface area contributed by atoms with Crippen molar-refractivity contribution in [2.75, 3.05) is 49.9 Å². The molecule has 1 aromatic rings. The van der Waals surface area contributed by atoms with Gasteiger partial charge in [-0.05, 0) is 18.2 Å². The first kappa shape index (κ1) is 15.6. The molecule has 0 bridgehead atoms. The number of halogens is 1. The zero-order valence-corrected chi connectivity index (χ0v) is 14.0. The maximum atomic E-state index is 12.4. The molecule has 1 saturated heterocycles. The van der Waals surface area contributed by atoms with Gasteiger partial charge in [-0.2, -0.15) is 12.7 Å². The third-order valence-electron chi connectivity index (χ3n) is 3.10. The quantitative estimate of drug-likeness (QED) is 0.840. The highest BCUT2D eigenvalue weighted by molar-refractivity contribution is 9.10. The third kappa shape index (κ3) is 3.63. The lowest BCUT2D eigenvalue weighted by Crippen LogP contribution is -2.48. The summed E-state index contributed by atoms with van der Waals surface area (Å²) in [5, 5.41) is 3.14. The van der Waals surface area contributed by atoms with Crippen LogP contribution in [0.15, 0.2) is 22.7 Å². The summed E-state index contributed by atoms with van der Waals surface area (Å²) in [6.07, 6.45) is 0. The summed E-state index contributed by atoms with van der Waals surface area (Å²) in [5.74, 6) is 0. The number of benzene rings is 1. The van der Waals surface area contributed by atoms with Crippen LogP contribution in [0.4, 0.5) is 11.4 Å². The molecule has 1 aromatic carbocycles. The minimum Gasteiger partial charge on any atom is -0.376 e. The highest BCUT2D eigenvalue weighted by Crippen LogP contribution is 2.29. The minimum absolute atomic E-state index is 0.487. The first-order valence-electron chi connectivity index (χ1n) is 6.35. The largest absolute Gasteiger partial charge is 0.376 e.